The molecule has 6 heteroatoms. The van der Waals surface area contributed by atoms with E-state index in [-0.39, 0.29) is 18.4 Å². The maximum atomic E-state index is 13.0. The normalized spacial score (nSPS) is 11.6. The molecule has 1 atom stereocenters. The first-order valence-corrected chi connectivity index (χ1v) is 11.0. The number of carbonyl (C=O) groups is 2. The molecule has 0 aliphatic carbocycles. The third-order valence-electron chi connectivity index (χ3n) is 4.77. The van der Waals surface area contributed by atoms with Gasteiger partial charge in [-0.25, -0.2) is 0 Å². The number of hydrogen-bond donors (Lipinski definition) is 1. The van der Waals surface area contributed by atoms with E-state index in [1.54, 1.807) is 11.8 Å². The van der Waals surface area contributed by atoms with E-state index in [0.29, 0.717) is 18.8 Å². The van der Waals surface area contributed by atoms with Crippen LogP contribution in [0.3, 0.4) is 0 Å². The van der Waals surface area contributed by atoms with Gasteiger partial charge in [-0.1, -0.05) is 37.6 Å². The van der Waals surface area contributed by atoms with Gasteiger partial charge < -0.3 is 15.0 Å². The lowest BCUT2D eigenvalue weighted by Gasteiger charge is -2.29. The second kappa shape index (κ2) is 11.8. The lowest BCUT2D eigenvalue weighted by Crippen LogP contribution is -2.49. The first-order valence-electron chi connectivity index (χ1n) is 9.92. The molecular formula is C23H29IN2O3. The Morgan fingerprint density at radius 1 is 1.14 bits per heavy atom. The third-order valence-corrected chi connectivity index (χ3v) is 5.49. The number of hydrogen-bond acceptors (Lipinski definition) is 3. The molecule has 5 nitrogen and oxygen atoms in total. The van der Waals surface area contributed by atoms with Crippen molar-refractivity contribution < 1.29 is 14.3 Å². The van der Waals surface area contributed by atoms with Gasteiger partial charge in [0.25, 0.3) is 5.91 Å². The zero-order chi connectivity index (χ0) is 21.2. The highest BCUT2D eigenvalue weighted by molar-refractivity contribution is 14.1. The van der Waals surface area contributed by atoms with Gasteiger partial charge in [0.1, 0.15) is 11.8 Å². The summed E-state index contributed by atoms with van der Waals surface area (Å²) < 4.78 is 6.77. The second-order valence-corrected chi connectivity index (χ2v) is 8.26. The second-order valence-electron chi connectivity index (χ2n) is 7.01. The summed E-state index contributed by atoms with van der Waals surface area (Å²) in [5, 5.41) is 2.92. The monoisotopic (exact) mass is 508 g/mol. The summed E-state index contributed by atoms with van der Waals surface area (Å²) in [5.74, 6) is 0.272. The van der Waals surface area contributed by atoms with Crippen molar-refractivity contribution in [3.63, 3.8) is 0 Å². The molecule has 0 saturated carbocycles. The highest BCUT2D eigenvalue weighted by Gasteiger charge is 2.26. The molecule has 0 aliphatic rings. The SMILES string of the molecule is CCCCNC(=O)[C@H](C)N(Cc1ccccc1C)C(=O)COc1ccc(I)cc1. The number of nitrogens with one attached hydrogen (secondary N) is 1. The largest absolute Gasteiger partial charge is 0.484 e. The van der Waals surface area contributed by atoms with Crippen molar-refractivity contribution >= 4 is 34.4 Å². The molecule has 0 aliphatic heterocycles. The van der Waals surface area contributed by atoms with E-state index in [9.17, 15) is 9.59 Å². The van der Waals surface area contributed by atoms with Crippen molar-refractivity contribution in [2.45, 2.75) is 46.2 Å². The molecule has 156 valence electrons. The highest BCUT2D eigenvalue weighted by atomic mass is 127. The quantitative estimate of drug-likeness (QED) is 0.385. The molecule has 0 fully saturated rings. The van der Waals surface area contributed by atoms with Gasteiger partial charge in [0, 0.05) is 16.7 Å². The van der Waals surface area contributed by atoms with E-state index >= 15 is 0 Å². The number of benzene rings is 2. The van der Waals surface area contributed by atoms with Gasteiger partial charge in [0.2, 0.25) is 5.91 Å². The topological polar surface area (TPSA) is 58.6 Å². The van der Waals surface area contributed by atoms with Gasteiger partial charge in [0.05, 0.1) is 0 Å². The Balaban J connectivity index is 2.11. The van der Waals surface area contributed by atoms with Crippen LogP contribution in [0.4, 0.5) is 0 Å². The minimum absolute atomic E-state index is 0.112. The zero-order valence-electron chi connectivity index (χ0n) is 17.3. The van der Waals surface area contributed by atoms with Crippen LogP contribution in [0, 0.1) is 10.5 Å². The Labute approximate surface area is 187 Å². The van der Waals surface area contributed by atoms with Crippen LogP contribution in [0.1, 0.15) is 37.8 Å². The minimum atomic E-state index is -0.584. The summed E-state index contributed by atoms with van der Waals surface area (Å²) in [7, 11) is 0. The maximum Gasteiger partial charge on any atom is 0.261 e. The summed E-state index contributed by atoms with van der Waals surface area (Å²) in [6.45, 7) is 6.72. The molecule has 0 bridgehead atoms. The van der Waals surface area contributed by atoms with Gasteiger partial charge in [-0.15, -0.1) is 0 Å². The van der Waals surface area contributed by atoms with Crippen LogP contribution in [0.15, 0.2) is 48.5 Å². The van der Waals surface area contributed by atoms with Crippen molar-refractivity contribution in [2.75, 3.05) is 13.2 Å². The summed E-state index contributed by atoms with van der Waals surface area (Å²) in [5.41, 5.74) is 2.10. The predicted molar refractivity (Wildman–Crippen MR) is 124 cm³/mol. The fourth-order valence-electron chi connectivity index (χ4n) is 2.85. The fourth-order valence-corrected chi connectivity index (χ4v) is 3.21. The van der Waals surface area contributed by atoms with Crippen molar-refractivity contribution in [3.8, 4) is 5.75 Å². The average Bonchev–Trinajstić information content (AvgIpc) is 2.72. The number of ether oxygens (including phenoxy) is 1. The van der Waals surface area contributed by atoms with Gasteiger partial charge in [-0.05, 0) is 78.3 Å². The maximum absolute atomic E-state index is 13.0. The van der Waals surface area contributed by atoms with Crippen molar-refractivity contribution in [3.05, 3.63) is 63.2 Å². The zero-order valence-corrected chi connectivity index (χ0v) is 19.4. The van der Waals surface area contributed by atoms with E-state index in [1.165, 1.54) is 0 Å². The summed E-state index contributed by atoms with van der Waals surface area (Å²) in [6, 6.07) is 14.8. The molecule has 2 amide bonds. The van der Waals surface area contributed by atoms with Gasteiger partial charge in [-0.2, -0.15) is 0 Å². The summed E-state index contributed by atoms with van der Waals surface area (Å²) >= 11 is 2.22. The molecular weight excluding hydrogens is 479 g/mol. The van der Waals surface area contributed by atoms with Crippen LogP contribution >= 0.6 is 22.6 Å². The standard InChI is InChI=1S/C23H29IN2O3/c1-4-5-14-25-23(28)18(3)26(15-19-9-7-6-8-17(19)2)22(27)16-29-21-12-10-20(24)11-13-21/h6-13,18H,4-5,14-16H2,1-3H3,(H,25,28)/t18-/m0/s1. The highest BCUT2D eigenvalue weighted by Crippen LogP contribution is 2.16. The summed E-state index contributed by atoms with van der Waals surface area (Å²) in [4.78, 5) is 27.2. The predicted octanol–water partition coefficient (Wildman–Crippen LogP) is 4.31. The first-order chi connectivity index (χ1) is 13.9. The van der Waals surface area contributed by atoms with Crippen LogP contribution in [-0.2, 0) is 16.1 Å². The number of rotatable bonds is 10. The third kappa shape index (κ3) is 7.34. The van der Waals surface area contributed by atoms with E-state index in [1.807, 2.05) is 55.5 Å². The molecule has 0 radical (unpaired) electrons. The fraction of sp³-hybridized carbons (Fsp3) is 0.391. The lowest BCUT2D eigenvalue weighted by molar-refractivity contribution is -0.142. The molecule has 29 heavy (non-hydrogen) atoms. The van der Waals surface area contributed by atoms with Gasteiger partial charge in [-0.3, -0.25) is 9.59 Å². The lowest BCUT2D eigenvalue weighted by atomic mass is 10.1. The average molecular weight is 508 g/mol. The Hall–Kier alpha value is -2.09. The molecule has 2 rings (SSSR count). The van der Waals surface area contributed by atoms with Crippen LogP contribution in [0.5, 0.6) is 5.75 Å². The molecule has 1 N–H and O–H groups in total. The molecule has 0 saturated heterocycles. The summed E-state index contributed by atoms with van der Waals surface area (Å²) in [6.07, 6.45) is 1.92. The molecule has 0 unspecified atom stereocenters. The van der Waals surface area contributed by atoms with Crippen LogP contribution in [0.2, 0.25) is 0 Å². The molecule has 2 aromatic rings. The Morgan fingerprint density at radius 3 is 2.48 bits per heavy atom. The van der Waals surface area contributed by atoms with E-state index in [2.05, 4.69) is 34.8 Å². The number of carbonyl (C=O) groups excluding carboxylic acids is 2. The van der Waals surface area contributed by atoms with Crippen molar-refractivity contribution in [1.82, 2.24) is 10.2 Å². The Kier molecular flexibility index (Phi) is 9.44. The number of nitrogens with zero attached hydrogens (tertiary/aromatic N) is 1. The van der Waals surface area contributed by atoms with E-state index in [4.69, 9.17) is 4.74 Å². The minimum Gasteiger partial charge on any atom is -0.484 e. The van der Waals surface area contributed by atoms with Crippen LogP contribution in [-0.4, -0.2) is 35.9 Å². The molecule has 0 heterocycles. The van der Waals surface area contributed by atoms with E-state index < -0.39 is 6.04 Å². The van der Waals surface area contributed by atoms with E-state index in [0.717, 1.165) is 27.5 Å². The number of aryl methyl sites for hydroxylation is 1. The van der Waals surface area contributed by atoms with Gasteiger partial charge in [0.15, 0.2) is 6.61 Å². The molecule has 0 aromatic heterocycles. The Morgan fingerprint density at radius 2 is 1.83 bits per heavy atom. The molecule has 2 aromatic carbocycles. The number of unbranched alkanes of at least 4 members (excludes halogenated alkanes) is 1. The van der Waals surface area contributed by atoms with Crippen molar-refractivity contribution in [1.29, 1.82) is 0 Å². The smallest absolute Gasteiger partial charge is 0.261 e. The number of halogens is 1. The first kappa shape index (κ1) is 23.2. The van der Waals surface area contributed by atoms with Crippen molar-refractivity contribution in [2.24, 2.45) is 0 Å². The van der Waals surface area contributed by atoms with Crippen LogP contribution in [0.25, 0.3) is 0 Å². The Bertz CT molecular complexity index is 808. The van der Waals surface area contributed by atoms with Crippen LogP contribution < -0.4 is 10.1 Å². The number of amides is 2. The van der Waals surface area contributed by atoms with Gasteiger partial charge >= 0.3 is 0 Å². The molecule has 0 spiro atoms.